The fraction of sp³-hybridized carbons (Fsp3) is 0.280. The summed E-state index contributed by atoms with van der Waals surface area (Å²) in [6.45, 7) is 4.07. The van der Waals surface area contributed by atoms with Crippen LogP contribution >= 0.6 is 0 Å². The maximum absolute atomic E-state index is 13.5. The smallest absolute Gasteiger partial charge is 0.294 e. The second-order valence-corrected chi connectivity index (χ2v) is 7.80. The lowest BCUT2D eigenvalue weighted by atomic mass is 9.98. The quantitative estimate of drug-likeness (QED) is 0.595. The minimum absolute atomic E-state index is 0.00935. The van der Waals surface area contributed by atoms with Crippen LogP contribution in [0.2, 0.25) is 0 Å². The number of furan rings is 1. The van der Waals surface area contributed by atoms with Gasteiger partial charge in [-0.3, -0.25) is 9.59 Å². The molecule has 1 N–H and O–H groups in total. The summed E-state index contributed by atoms with van der Waals surface area (Å²) in [5.74, 6) is 0.453. The molecule has 0 radical (unpaired) electrons. The molecule has 3 aromatic rings. The van der Waals surface area contributed by atoms with Crippen LogP contribution in [0.15, 0.2) is 65.1 Å². The molecule has 1 aliphatic heterocycles. The van der Waals surface area contributed by atoms with E-state index in [0.29, 0.717) is 22.5 Å². The van der Waals surface area contributed by atoms with Gasteiger partial charge in [-0.15, -0.1) is 0 Å². The fourth-order valence-corrected chi connectivity index (χ4v) is 3.84. The predicted octanol–water partition coefficient (Wildman–Crippen LogP) is 3.93. The molecule has 0 bridgehead atoms. The first kappa shape index (κ1) is 21.5. The number of methoxy groups -OCH3 is 1. The zero-order chi connectivity index (χ0) is 22.7. The number of benzene rings is 2. The third-order valence-electron chi connectivity index (χ3n) is 5.73. The number of amides is 2. The maximum Gasteiger partial charge on any atom is 0.294 e. The van der Waals surface area contributed by atoms with Crippen molar-refractivity contribution in [2.45, 2.75) is 25.9 Å². The van der Waals surface area contributed by atoms with Gasteiger partial charge in [-0.2, -0.15) is 0 Å². The molecule has 166 valence electrons. The summed E-state index contributed by atoms with van der Waals surface area (Å²) in [4.78, 5) is 28.4. The molecule has 1 aromatic heterocycles. The normalized spacial score (nSPS) is 18.3. The van der Waals surface area contributed by atoms with Crippen molar-refractivity contribution in [3.05, 3.63) is 72.0 Å². The SMILES string of the molecule is C/C=C/CN1C(=O)c2oc3ccccc3c2OCC1(C)C(=O)NCc1ccccc1OC. The highest BCUT2D eigenvalue weighted by Gasteiger charge is 2.47. The topological polar surface area (TPSA) is 81.0 Å². The largest absolute Gasteiger partial charge is 0.496 e. The highest BCUT2D eigenvalue weighted by Crippen LogP contribution is 2.38. The molecule has 0 saturated heterocycles. The Balaban J connectivity index is 1.66. The number of carbonyl (C=O) groups excluding carboxylic acids is 2. The van der Waals surface area contributed by atoms with E-state index in [1.807, 2.05) is 61.5 Å². The van der Waals surface area contributed by atoms with E-state index in [1.54, 1.807) is 20.1 Å². The monoisotopic (exact) mass is 434 g/mol. The van der Waals surface area contributed by atoms with Gasteiger partial charge in [0.05, 0.1) is 12.5 Å². The van der Waals surface area contributed by atoms with Crippen molar-refractivity contribution in [2.75, 3.05) is 20.3 Å². The number of carbonyl (C=O) groups is 2. The molecule has 32 heavy (non-hydrogen) atoms. The number of rotatable bonds is 6. The van der Waals surface area contributed by atoms with Crippen LogP contribution in [-0.2, 0) is 11.3 Å². The number of nitrogens with one attached hydrogen (secondary N) is 1. The van der Waals surface area contributed by atoms with Gasteiger partial charge in [-0.1, -0.05) is 42.5 Å². The number of hydrogen-bond acceptors (Lipinski definition) is 5. The summed E-state index contributed by atoms with van der Waals surface area (Å²) >= 11 is 0. The first-order valence-electron chi connectivity index (χ1n) is 10.5. The molecule has 0 spiro atoms. The van der Waals surface area contributed by atoms with Crippen LogP contribution in [0.5, 0.6) is 11.5 Å². The molecule has 0 aliphatic carbocycles. The minimum atomic E-state index is -1.25. The number of hydrogen-bond donors (Lipinski definition) is 1. The first-order chi connectivity index (χ1) is 15.5. The molecule has 2 aromatic carbocycles. The number of ether oxygens (including phenoxy) is 2. The molecule has 1 aliphatic rings. The molecule has 2 amide bonds. The number of allylic oxidation sites excluding steroid dienone is 1. The van der Waals surface area contributed by atoms with Crippen LogP contribution in [0, 0.1) is 0 Å². The Labute approximate surface area is 186 Å². The number of fused-ring (bicyclic) bond motifs is 3. The molecule has 1 unspecified atom stereocenters. The highest BCUT2D eigenvalue weighted by molar-refractivity contribution is 6.04. The van der Waals surface area contributed by atoms with Gasteiger partial charge in [0.25, 0.3) is 5.91 Å². The van der Waals surface area contributed by atoms with Crippen LogP contribution in [0.4, 0.5) is 0 Å². The van der Waals surface area contributed by atoms with Gasteiger partial charge in [0.2, 0.25) is 11.7 Å². The van der Waals surface area contributed by atoms with E-state index in [2.05, 4.69) is 5.32 Å². The van der Waals surface area contributed by atoms with E-state index in [0.717, 1.165) is 5.56 Å². The third kappa shape index (κ3) is 3.70. The summed E-state index contributed by atoms with van der Waals surface area (Å²) in [6, 6.07) is 14.8. The second-order valence-electron chi connectivity index (χ2n) is 7.80. The molecule has 7 heteroatoms. The van der Waals surface area contributed by atoms with Crippen LogP contribution in [0.25, 0.3) is 11.0 Å². The lowest BCUT2D eigenvalue weighted by Crippen LogP contribution is -2.61. The average molecular weight is 434 g/mol. The Hall–Kier alpha value is -3.74. The van der Waals surface area contributed by atoms with Gasteiger partial charge in [-0.25, -0.2) is 0 Å². The van der Waals surface area contributed by atoms with Crippen molar-refractivity contribution in [3.8, 4) is 11.5 Å². The summed E-state index contributed by atoms with van der Waals surface area (Å²) in [5, 5.41) is 3.66. The molecule has 0 fully saturated rings. The Kier molecular flexibility index (Phi) is 5.90. The highest BCUT2D eigenvalue weighted by atomic mass is 16.5. The van der Waals surface area contributed by atoms with Gasteiger partial charge >= 0.3 is 0 Å². The number of nitrogens with zero attached hydrogens (tertiary/aromatic N) is 1. The summed E-state index contributed by atoms with van der Waals surface area (Å²) in [6.07, 6.45) is 3.67. The zero-order valence-corrected chi connectivity index (χ0v) is 18.4. The van der Waals surface area contributed by atoms with Crippen molar-refractivity contribution in [3.63, 3.8) is 0 Å². The summed E-state index contributed by atoms with van der Waals surface area (Å²) in [7, 11) is 1.59. The minimum Gasteiger partial charge on any atom is -0.496 e. The maximum atomic E-state index is 13.5. The second kappa shape index (κ2) is 8.78. The lowest BCUT2D eigenvalue weighted by molar-refractivity contribution is -0.132. The summed E-state index contributed by atoms with van der Waals surface area (Å²) in [5.41, 5.74) is 0.160. The molecule has 4 rings (SSSR count). The van der Waals surface area contributed by atoms with E-state index in [4.69, 9.17) is 13.9 Å². The van der Waals surface area contributed by atoms with Gasteiger partial charge in [0, 0.05) is 18.7 Å². The Morgan fingerprint density at radius 2 is 1.97 bits per heavy atom. The van der Waals surface area contributed by atoms with Crippen LogP contribution in [-0.4, -0.2) is 42.5 Å². The van der Waals surface area contributed by atoms with E-state index < -0.39 is 5.54 Å². The van der Waals surface area contributed by atoms with Crippen molar-refractivity contribution >= 4 is 22.8 Å². The fourth-order valence-electron chi connectivity index (χ4n) is 3.84. The van der Waals surface area contributed by atoms with Crippen LogP contribution in [0.1, 0.15) is 30.0 Å². The van der Waals surface area contributed by atoms with Crippen molar-refractivity contribution in [1.29, 1.82) is 0 Å². The predicted molar refractivity (Wildman–Crippen MR) is 121 cm³/mol. The summed E-state index contributed by atoms with van der Waals surface area (Å²) < 4.78 is 17.3. The van der Waals surface area contributed by atoms with Crippen molar-refractivity contribution in [2.24, 2.45) is 0 Å². The standard InChI is InChI=1S/C25H26N2O5/c1-4-5-14-27-23(28)22-21(18-11-7-9-13-20(18)32-22)31-16-25(27,2)24(29)26-15-17-10-6-8-12-19(17)30-3/h4-13H,14-16H2,1-3H3,(H,26,29)/b5-4+. The zero-order valence-electron chi connectivity index (χ0n) is 18.4. The lowest BCUT2D eigenvalue weighted by Gasteiger charge is -2.37. The third-order valence-corrected chi connectivity index (χ3v) is 5.73. The van der Waals surface area contributed by atoms with E-state index in [1.165, 1.54) is 4.90 Å². The Morgan fingerprint density at radius 3 is 2.75 bits per heavy atom. The van der Waals surface area contributed by atoms with Gasteiger partial charge < -0.3 is 24.1 Å². The van der Waals surface area contributed by atoms with E-state index >= 15 is 0 Å². The van der Waals surface area contributed by atoms with Crippen molar-refractivity contribution < 1.29 is 23.5 Å². The van der Waals surface area contributed by atoms with Gasteiger partial charge in [0.15, 0.2) is 11.3 Å². The van der Waals surface area contributed by atoms with E-state index in [-0.39, 0.29) is 37.3 Å². The van der Waals surface area contributed by atoms with Gasteiger partial charge in [0.1, 0.15) is 17.9 Å². The van der Waals surface area contributed by atoms with E-state index in [9.17, 15) is 9.59 Å². The van der Waals surface area contributed by atoms with Gasteiger partial charge in [-0.05, 0) is 32.0 Å². The Bertz CT molecular complexity index is 1180. The average Bonchev–Trinajstić information content (AvgIpc) is 3.15. The molecular weight excluding hydrogens is 408 g/mol. The Morgan fingerprint density at radius 1 is 1.22 bits per heavy atom. The van der Waals surface area contributed by atoms with Crippen LogP contribution in [0.3, 0.4) is 0 Å². The van der Waals surface area contributed by atoms with Crippen molar-refractivity contribution in [1.82, 2.24) is 10.2 Å². The number of para-hydroxylation sites is 2. The van der Waals surface area contributed by atoms with Crippen LogP contribution < -0.4 is 14.8 Å². The molecule has 7 nitrogen and oxygen atoms in total. The first-order valence-corrected chi connectivity index (χ1v) is 10.5. The molecule has 1 atom stereocenters. The molecule has 0 saturated carbocycles. The molecular formula is C25H26N2O5. The molecule has 2 heterocycles.